The average molecular weight is 345 g/mol. The first-order valence-electron chi connectivity index (χ1n) is 8.65. The predicted molar refractivity (Wildman–Crippen MR) is 99.7 cm³/mol. The molecule has 4 rings (SSSR count). The molecule has 0 spiro atoms. The van der Waals surface area contributed by atoms with E-state index in [0.29, 0.717) is 0 Å². The number of hydrogen-bond acceptors (Lipinski definition) is 4. The standard InChI is InChI=1S/C19H24N4.ClH/c1-15-5-4-6-16(11-15)13-22-10-7-18-17(14-22)12-20-19(21-18)23-8-2-3-9-23;/h4-6,11-12H,2-3,7-10,13-14H2,1H3;1H. The van der Waals surface area contributed by atoms with Crippen LogP contribution in [0.2, 0.25) is 0 Å². The van der Waals surface area contributed by atoms with Crippen LogP contribution in [0.5, 0.6) is 0 Å². The van der Waals surface area contributed by atoms with Crippen LogP contribution in [0.25, 0.3) is 0 Å². The van der Waals surface area contributed by atoms with Gasteiger partial charge in [0.2, 0.25) is 5.95 Å². The Labute approximate surface area is 150 Å². The average Bonchev–Trinajstić information content (AvgIpc) is 3.09. The van der Waals surface area contributed by atoms with E-state index in [-0.39, 0.29) is 12.4 Å². The molecule has 0 saturated carbocycles. The van der Waals surface area contributed by atoms with Crippen LogP contribution in [0.3, 0.4) is 0 Å². The SMILES string of the molecule is Cc1cccc(CN2CCc3nc(N4CCCC4)ncc3C2)c1.Cl. The van der Waals surface area contributed by atoms with Crippen molar-refractivity contribution in [2.24, 2.45) is 0 Å². The van der Waals surface area contributed by atoms with Gasteiger partial charge in [-0.25, -0.2) is 9.97 Å². The van der Waals surface area contributed by atoms with E-state index in [0.717, 1.165) is 45.1 Å². The third-order valence-corrected chi connectivity index (χ3v) is 4.88. The van der Waals surface area contributed by atoms with Gasteiger partial charge in [-0.15, -0.1) is 12.4 Å². The zero-order valence-corrected chi connectivity index (χ0v) is 15.1. The van der Waals surface area contributed by atoms with E-state index in [1.807, 2.05) is 0 Å². The van der Waals surface area contributed by atoms with Gasteiger partial charge in [0.25, 0.3) is 0 Å². The van der Waals surface area contributed by atoms with Crippen LogP contribution in [0.4, 0.5) is 5.95 Å². The molecule has 1 fully saturated rings. The molecule has 0 unspecified atom stereocenters. The first kappa shape index (κ1) is 17.2. The lowest BCUT2D eigenvalue weighted by atomic mass is 10.1. The molecule has 1 aromatic heterocycles. The Balaban J connectivity index is 0.00000169. The van der Waals surface area contributed by atoms with Gasteiger partial charge in [0, 0.05) is 50.9 Å². The minimum Gasteiger partial charge on any atom is -0.341 e. The molecule has 4 nitrogen and oxygen atoms in total. The fraction of sp³-hybridized carbons (Fsp3) is 0.474. The van der Waals surface area contributed by atoms with E-state index >= 15 is 0 Å². The Kier molecular flexibility index (Phi) is 5.36. The van der Waals surface area contributed by atoms with Crippen molar-refractivity contribution in [2.75, 3.05) is 24.5 Å². The fourth-order valence-electron chi connectivity index (χ4n) is 3.64. The third-order valence-electron chi connectivity index (χ3n) is 4.88. The van der Waals surface area contributed by atoms with Gasteiger partial charge in [-0.1, -0.05) is 29.8 Å². The molecule has 5 heteroatoms. The van der Waals surface area contributed by atoms with Crippen molar-refractivity contribution in [1.29, 1.82) is 0 Å². The molecule has 0 radical (unpaired) electrons. The minimum atomic E-state index is 0. The quantitative estimate of drug-likeness (QED) is 0.854. The van der Waals surface area contributed by atoms with Crippen LogP contribution >= 0.6 is 12.4 Å². The predicted octanol–water partition coefficient (Wildman–Crippen LogP) is 3.37. The van der Waals surface area contributed by atoms with Gasteiger partial charge in [-0.05, 0) is 25.3 Å². The molecule has 0 atom stereocenters. The van der Waals surface area contributed by atoms with Gasteiger partial charge in [0.15, 0.2) is 0 Å². The molecule has 1 aromatic carbocycles. The minimum absolute atomic E-state index is 0. The van der Waals surface area contributed by atoms with E-state index in [1.165, 1.54) is 35.2 Å². The Hall–Kier alpha value is -1.65. The van der Waals surface area contributed by atoms with Crippen molar-refractivity contribution < 1.29 is 0 Å². The number of fused-ring (bicyclic) bond motifs is 1. The second kappa shape index (κ2) is 7.49. The lowest BCUT2D eigenvalue weighted by Gasteiger charge is -2.28. The topological polar surface area (TPSA) is 32.3 Å². The zero-order chi connectivity index (χ0) is 15.6. The smallest absolute Gasteiger partial charge is 0.225 e. The number of aromatic nitrogens is 2. The maximum atomic E-state index is 4.84. The van der Waals surface area contributed by atoms with Crippen molar-refractivity contribution in [3.8, 4) is 0 Å². The fourth-order valence-corrected chi connectivity index (χ4v) is 3.64. The molecule has 0 bridgehead atoms. The summed E-state index contributed by atoms with van der Waals surface area (Å²) in [5.41, 5.74) is 5.27. The van der Waals surface area contributed by atoms with Gasteiger partial charge in [-0.3, -0.25) is 4.90 Å². The van der Waals surface area contributed by atoms with Crippen molar-refractivity contribution in [3.63, 3.8) is 0 Å². The van der Waals surface area contributed by atoms with Crippen LogP contribution in [0.1, 0.15) is 35.2 Å². The second-order valence-electron chi connectivity index (χ2n) is 6.79. The highest BCUT2D eigenvalue weighted by molar-refractivity contribution is 5.85. The third kappa shape index (κ3) is 3.70. The highest BCUT2D eigenvalue weighted by Gasteiger charge is 2.21. The highest BCUT2D eigenvalue weighted by Crippen LogP contribution is 2.22. The van der Waals surface area contributed by atoms with Gasteiger partial charge in [-0.2, -0.15) is 0 Å². The molecule has 2 aromatic rings. The summed E-state index contributed by atoms with van der Waals surface area (Å²) >= 11 is 0. The largest absolute Gasteiger partial charge is 0.341 e. The summed E-state index contributed by atoms with van der Waals surface area (Å²) in [5.74, 6) is 0.938. The van der Waals surface area contributed by atoms with Gasteiger partial charge >= 0.3 is 0 Å². The molecule has 0 aliphatic carbocycles. The first-order chi connectivity index (χ1) is 11.3. The van der Waals surface area contributed by atoms with E-state index in [9.17, 15) is 0 Å². The van der Waals surface area contributed by atoms with Crippen LogP contribution < -0.4 is 4.90 Å². The Morgan fingerprint density at radius 2 is 1.96 bits per heavy atom. The van der Waals surface area contributed by atoms with Crippen molar-refractivity contribution >= 4 is 18.4 Å². The monoisotopic (exact) mass is 344 g/mol. The van der Waals surface area contributed by atoms with Crippen LogP contribution in [0, 0.1) is 6.92 Å². The lowest BCUT2D eigenvalue weighted by molar-refractivity contribution is 0.243. The molecular weight excluding hydrogens is 320 g/mol. The molecular formula is C19H25ClN4. The van der Waals surface area contributed by atoms with Crippen LogP contribution in [0.15, 0.2) is 30.5 Å². The highest BCUT2D eigenvalue weighted by atomic mass is 35.5. The summed E-state index contributed by atoms with van der Waals surface area (Å²) in [6.07, 6.45) is 5.62. The molecule has 2 aliphatic rings. The number of halogens is 1. The Morgan fingerprint density at radius 3 is 2.75 bits per heavy atom. The van der Waals surface area contributed by atoms with Gasteiger partial charge in [0.05, 0.1) is 5.69 Å². The molecule has 24 heavy (non-hydrogen) atoms. The van der Waals surface area contributed by atoms with Crippen molar-refractivity contribution in [2.45, 2.75) is 39.3 Å². The maximum Gasteiger partial charge on any atom is 0.225 e. The molecule has 0 amide bonds. The maximum absolute atomic E-state index is 4.84. The summed E-state index contributed by atoms with van der Waals surface area (Å²) in [4.78, 5) is 14.3. The molecule has 1 saturated heterocycles. The second-order valence-corrected chi connectivity index (χ2v) is 6.79. The van der Waals surface area contributed by atoms with Gasteiger partial charge < -0.3 is 4.90 Å². The summed E-state index contributed by atoms with van der Waals surface area (Å²) in [5, 5.41) is 0. The molecule has 0 N–H and O–H groups in total. The normalized spacial score (nSPS) is 17.5. The van der Waals surface area contributed by atoms with E-state index in [4.69, 9.17) is 4.98 Å². The van der Waals surface area contributed by atoms with E-state index < -0.39 is 0 Å². The summed E-state index contributed by atoms with van der Waals surface area (Å²) in [6, 6.07) is 8.80. The van der Waals surface area contributed by atoms with Crippen LogP contribution in [-0.2, 0) is 19.5 Å². The number of anilines is 1. The zero-order valence-electron chi connectivity index (χ0n) is 14.2. The Bertz CT molecular complexity index is 698. The van der Waals surface area contributed by atoms with Crippen molar-refractivity contribution in [1.82, 2.24) is 14.9 Å². The lowest BCUT2D eigenvalue weighted by Crippen LogP contribution is -2.31. The van der Waals surface area contributed by atoms with E-state index in [2.05, 4.69) is 52.2 Å². The Morgan fingerprint density at radius 1 is 1.12 bits per heavy atom. The van der Waals surface area contributed by atoms with Gasteiger partial charge in [0.1, 0.15) is 0 Å². The van der Waals surface area contributed by atoms with Crippen LogP contribution in [-0.4, -0.2) is 34.5 Å². The molecule has 128 valence electrons. The summed E-state index contributed by atoms with van der Waals surface area (Å²) < 4.78 is 0. The van der Waals surface area contributed by atoms with E-state index in [1.54, 1.807) is 0 Å². The number of aryl methyl sites for hydroxylation is 1. The first-order valence-corrected chi connectivity index (χ1v) is 8.65. The summed E-state index contributed by atoms with van der Waals surface area (Å²) in [7, 11) is 0. The number of hydrogen-bond donors (Lipinski definition) is 0. The molecule has 3 heterocycles. The molecule has 2 aliphatic heterocycles. The number of nitrogens with zero attached hydrogens (tertiary/aromatic N) is 4. The number of benzene rings is 1. The number of rotatable bonds is 3. The summed E-state index contributed by atoms with van der Waals surface area (Å²) in [6.45, 7) is 7.43. The van der Waals surface area contributed by atoms with Crippen molar-refractivity contribution in [3.05, 3.63) is 52.8 Å².